The lowest BCUT2D eigenvalue weighted by Crippen LogP contribution is -2.51. The molecule has 1 fully saturated rings. The van der Waals surface area contributed by atoms with Crippen LogP contribution < -0.4 is 10.2 Å². The molecule has 1 aromatic carbocycles. The quantitative estimate of drug-likeness (QED) is 0.488. The minimum absolute atomic E-state index is 0.0275. The van der Waals surface area contributed by atoms with Crippen LogP contribution in [0.5, 0.6) is 0 Å². The Morgan fingerprint density at radius 3 is 2.57 bits per heavy atom. The fourth-order valence-corrected chi connectivity index (χ4v) is 4.48. The highest BCUT2D eigenvalue weighted by atomic mass is 19.4. The van der Waals surface area contributed by atoms with Gasteiger partial charge in [0.2, 0.25) is 11.7 Å². The molecule has 2 aromatic heterocycles. The molecule has 0 spiro atoms. The normalized spacial score (nSPS) is 16.0. The zero-order chi connectivity index (χ0) is 26.0. The van der Waals surface area contributed by atoms with Crippen LogP contribution in [-0.2, 0) is 6.54 Å². The van der Waals surface area contributed by atoms with Crippen molar-refractivity contribution in [1.82, 2.24) is 19.9 Å². The number of anilines is 2. The van der Waals surface area contributed by atoms with E-state index in [1.54, 1.807) is 17.2 Å². The van der Waals surface area contributed by atoms with E-state index in [2.05, 4.69) is 25.3 Å². The predicted molar refractivity (Wildman–Crippen MR) is 134 cm³/mol. The summed E-state index contributed by atoms with van der Waals surface area (Å²) in [5.74, 6) is -1.45. The van der Waals surface area contributed by atoms with Gasteiger partial charge in [-0.05, 0) is 42.2 Å². The molecule has 3 aromatic rings. The Labute approximate surface area is 211 Å². The van der Waals surface area contributed by atoms with Crippen molar-refractivity contribution in [3.05, 3.63) is 77.8 Å². The number of rotatable bonds is 5. The molecule has 0 unspecified atom stereocenters. The highest BCUT2D eigenvalue weighted by molar-refractivity contribution is 5.89. The highest BCUT2D eigenvalue weighted by Gasteiger charge is 2.43. The van der Waals surface area contributed by atoms with Gasteiger partial charge in [-0.1, -0.05) is 30.3 Å². The summed E-state index contributed by atoms with van der Waals surface area (Å²) in [7, 11) is 0. The number of piperazine rings is 1. The molecule has 0 aliphatic carbocycles. The maximum atomic E-state index is 15.4. The number of benzene rings is 1. The fraction of sp³-hybridized carbons (Fsp3) is 0.308. The fourth-order valence-electron chi connectivity index (χ4n) is 4.48. The van der Waals surface area contributed by atoms with Crippen molar-refractivity contribution in [2.45, 2.75) is 26.1 Å². The van der Waals surface area contributed by atoms with Gasteiger partial charge >= 0.3 is 6.18 Å². The minimum atomic E-state index is -4.54. The summed E-state index contributed by atoms with van der Waals surface area (Å²) in [6.07, 6.45) is 0.594. The van der Waals surface area contributed by atoms with Gasteiger partial charge in [-0.25, -0.2) is 9.97 Å². The molecule has 2 aliphatic heterocycles. The number of hydrogen-bond donors (Lipinski definition) is 1. The number of aromatic nitrogens is 3. The molecule has 37 heavy (non-hydrogen) atoms. The first kappa shape index (κ1) is 24.7. The van der Waals surface area contributed by atoms with Crippen molar-refractivity contribution in [2.24, 2.45) is 4.99 Å². The van der Waals surface area contributed by atoms with Crippen molar-refractivity contribution < 1.29 is 17.6 Å². The molecule has 1 N–H and O–H groups in total. The molecule has 2 aliphatic rings. The van der Waals surface area contributed by atoms with Crippen LogP contribution in [0, 0.1) is 12.7 Å². The molecular weight excluding hydrogens is 486 g/mol. The standard InChI is InChI=1S/C26H25F4N7/c1-17-13-20(8-10-31-17)19-6-4-18(5-7-19)14-33-23-22(27)24(35-16-34-23)36-11-12-37-21(15-36)3-2-9-32-25(37)26(28,29)30/h3-8,10,13,16H,2,9,11-12,14-15H2,1H3,(H,33,34,35). The topological polar surface area (TPSA) is 69.5 Å². The minimum Gasteiger partial charge on any atom is -0.363 e. The molecule has 0 bridgehead atoms. The zero-order valence-electron chi connectivity index (χ0n) is 20.1. The number of pyridine rings is 1. The van der Waals surface area contributed by atoms with Crippen LogP contribution in [0.15, 0.2) is 65.7 Å². The smallest absolute Gasteiger partial charge is 0.363 e. The van der Waals surface area contributed by atoms with E-state index in [-0.39, 0.29) is 37.8 Å². The van der Waals surface area contributed by atoms with Crippen molar-refractivity contribution in [1.29, 1.82) is 0 Å². The van der Waals surface area contributed by atoms with Crippen LogP contribution in [-0.4, -0.2) is 58.0 Å². The molecule has 1 saturated heterocycles. The van der Waals surface area contributed by atoms with Gasteiger partial charge in [0.1, 0.15) is 6.33 Å². The van der Waals surface area contributed by atoms with Crippen molar-refractivity contribution in [3.63, 3.8) is 0 Å². The monoisotopic (exact) mass is 511 g/mol. The van der Waals surface area contributed by atoms with Gasteiger partial charge in [-0.15, -0.1) is 0 Å². The van der Waals surface area contributed by atoms with Gasteiger partial charge in [-0.3, -0.25) is 9.98 Å². The van der Waals surface area contributed by atoms with Gasteiger partial charge in [0.05, 0.1) is 6.54 Å². The molecule has 4 heterocycles. The summed E-state index contributed by atoms with van der Waals surface area (Å²) >= 11 is 0. The SMILES string of the molecule is Cc1cc(-c2ccc(CNc3ncnc(N4CCN5C(=CCCN=C5C(F)(F)F)C4)c3F)cc2)ccn1. The molecular formula is C26H25F4N7. The first-order valence-electron chi connectivity index (χ1n) is 11.9. The summed E-state index contributed by atoms with van der Waals surface area (Å²) < 4.78 is 55.8. The molecule has 0 atom stereocenters. The molecule has 5 rings (SSSR count). The van der Waals surface area contributed by atoms with Gasteiger partial charge in [-0.2, -0.15) is 17.6 Å². The van der Waals surface area contributed by atoms with E-state index in [9.17, 15) is 13.2 Å². The number of halogens is 4. The van der Waals surface area contributed by atoms with Crippen LogP contribution in [0.1, 0.15) is 17.7 Å². The Morgan fingerprint density at radius 2 is 1.81 bits per heavy atom. The second-order valence-electron chi connectivity index (χ2n) is 8.86. The average molecular weight is 512 g/mol. The van der Waals surface area contributed by atoms with Crippen LogP contribution in [0.2, 0.25) is 0 Å². The second-order valence-corrected chi connectivity index (χ2v) is 8.86. The summed E-state index contributed by atoms with van der Waals surface area (Å²) in [6, 6.07) is 11.8. The van der Waals surface area contributed by atoms with E-state index in [1.807, 2.05) is 43.3 Å². The third-order valence-electron chi connectivity index (χ3n) is 6.29. The number of amidine groups is 1. The summed E-state index contributed by atoms with van der Waals surface area (Å²) in [5.41, 5.74) is 4.43. The van der Waals surface area contributed by atoms with E-state index < -0.39 is 17.8 Å². The van der Waals surface area contributed by atoms with Crippen LogP contribution >= 0.6 is 0 Å². The number of aliphatic imine (C=N–C) groups is 1. The van der Waals surface area contributed by atoms with Gasteiger partial charge in [0.15, 0.2) is 11.6 Å². The van der Waals surface area contributed by atoms with Crippen LogP contribution in [0.4, 0.5) is 29.2 Å². The summed E-state index contributed by atoms with van der Waals surface area (Å²) in [6.45, 7) is 2.63. The lowest BCUT2D eigenvalue weighted by atomic mass is 10.0. The molecule has 7 nitrogen and oxygen atoms in total. The number of aryl methyl sites for hydroxylation is 1. The van der Waals surface area contributed by atoms with E-state index in [0.29, 0.717) is 18.7 Å². The number of alkyl halides is 3. The molecule has 0 saturated carbocycles. The van der Waals surface area contributed by atoms with Crippen molar-refractivity contribution in [3.8, 4) is 11.1 Å². The van der Waals surface area contributed by atoms with E-state index in [1.165, 1.54) is 11.2 Å². The number of fused-ring (bicyclic) bond motifs is 1. The number of hydrogen-bond acceptors (Lipinski definition) is 7. The van der Waals surface area contributed by atoms with Crippen molar-refractivity contribution >= 4 is 17.5 Å². The Balaban J connectivity index is 1.27. The number of nitrogens with one attached hydrogen (secondary N) is 1. The Bertz CT molecular complexity index is 1340. The third kappa shape index (κ3) is 5.40. The predicted octanol–water partition coefficient (Wildman–Crippen LogP) is 4.97. The Kier molecular flexibility index (Phi) is 6.77. The van der Waals surface area contributed by atoms with Gasteiger partial charge in [0, 0.05) is 43.8 Å². The van der Waals surface area contributed by atoms with E-state index in [4.69, 9.17) is 0 Å². The largest absolute Gasteiger partial charge is 0.449 e. The molecule has 0 radical (unpaired) electrons. The van der Waals surface area contributed by atoms with E-state index >= 15 is 4.39 Å². The molecule has 11 heteroatoms. The maximum Gasteiger partial charge on any atom is 0.449 e. The summed E-state index contributed by atoms with van der Waals surface area (Å²) in [4.78, 5) is 18.9. The highest BCUT2D eigenvalue weighted by Crippen LogP contribution is 2.30. The third-order valence-corrected chi connectivity index (χ3v) is 6.29. The lowest BCUT2D eigenvalue weighted by molar-refractivity contribution is -0.0678. The lowest BCUT2D eigenvalue weighted by Gasteiger charge is -2.39. The van der Waals surface area contributed by atoms with E-state index in [0.717, 1.165) is 22.4 Å². The van der Waals surface area contributed by atoms with Gasteiger partial charge < -0.3 is 15.1 Å². The Hall–Kier alpha value is -4.02. The van der Waals surface area contributed by atoms with Crippen LogP contribution in [0.25, 0.3) is 11.1 Å². The Morgan fingerprint density at radius 1 is 1.00 bits per heavy atom. The number of nitrogens with zero attached hydrogens (tertiary/aromatic N) is 6. The first-order valence-corrected chi connectivity index (χ1v) is 11.9. The molecule has 0 amide bonds. The molecule has 192 valence electrons. The van der Waals surface area contributed by atoms with Crippen LogP contribution in [0.3, 0.4) is 0 Å². The second kappa shape index (κ2) is 10.2. The van der Waals surface area contributed by atoms with Crippen molar-refractivity contribution in [2.75, 3.05) is 36.4 Å². The maximum absolute atomic E-state index is 15.4. The van der Waals surface area contributed by atoms with Gasteiger partial charge in [0.25, 0.3) is 0 Å². The average Bonchev–Trinajstić information content (AvgIpc) is 3.11. The first-order chi connectivity index (χ1) is 17.8. The zero-order valence-corrected chi connectivity index (χ0v) is 20.1. The summed E-state index contributed by atoms with van der Waals surface area (Å²) in [5, 5.41) is 3.01.